The molecule has 3 rings (SSSR count). The highest BCUT2D eigenvalue weighted by Gasteiger charge is 2.12. The van der Waals surface area contributed by atoms with Gasteiger partial charge in [0.15, 0.2) is 3.95 Å². The Morgan fingerprint density at radius 1 is 1.00 bits per heavy atom. The topological polar surface area (TPSA) is 53.4 Å². The Labute approximate surface area is 135 Å². The predicted molar refractivity (Wildman–Crippen MR) is 90.9 cm³/mol. The second kappa shape index (κ2) is 9.98. The van der Waals surface area contributed by atoms with E-state index in [2.05, 4.69) is 38.4 Å². The summed E-state index contributed by atoms with van der Waals surface area (Å²) in [5.74, 6) is 0. The molecule has 0 spiro atoms. The lowest BCUT2D eigenvalue weighted by atomic mass is 9.96. The largest absolute Gasteiger partial charge is 0.258 e. The van der Waals surface area contributed by atoms with E-state index in [-0.39, 0.29) is 0 Å². The van der Waals surface area contributed by atoms with Gasteiger partial charge in [0.1, 0.15) is 5.51 Å². The fraction of sp³-hybridized carbons (Fsp3) is 0.800. The molecule has 2 aliphatic carbocycles. The summed E-state index contributed by atoms with van der Waals surface area (Å²) in [6.07, 6.45) is 13.2. The minimum absolute atomic E-state index is 0.533. The van der Waals surface area contributed by atoms with Crippen molar-refractivity contribution in [3.63, 3.8) is 0 Å². The van der Waals surface area contributed by atoms with Crippen LogP contribution in [-0.4, -0.2) is 28.3 Å². The Bertz CT molecular complexity index is 451. The number of nitrogens with zero attached hydrogens (tertiary/aromatic N) is 3. The summed E-state index contributed by atoms with van der Waals surface area (Å²) in [6, 6.07) is 4.04. The molecule has 1 heterocycles. The molecule has 4 nitrogen and oxygen atoms in total. The number of hydrogen-bond donors (Lipinski definition) is 1. The standard InChI is InChI=1S/C13H22N2.C2H2N2S2/c1-3-7-12(8-4-1)14-11-15-13-9-5-2-6-10-13;5-2-4-3-1-6-2/h12-13H,1-10H2;1H,(H,4,5). The lowest BCUT2D eigenvalue weighted by molar-refractivity contribution is 0.438. The fourth-order valence-electron chi connectivity index (χ4n) is 2.80. The van der Waals surface area contributed by atoms with Gasteiger partial charge in [-0.25, -0.2) is 9.98 Å². The molecule has 0 saturated heterocycles. The molecule has 0 radical (unpaired) electrons. The maximum Gasteiger partial charge on any atom is 0.176 e. The molecule has 0 bridgehead atoms. The Hall–Kier alpha value is -0.840. The molecule has 0 atom stereocenters. The van der Waals surface area contributed by atoms with Gasteiger partial charge in [0.2, 0.25) is 0 Å². The number of nitrogens with one attached hydrogen (secondary N) is 1. The minimum Gasteiger partial charge on any atom is -0.258 e. The molecule has 6 heteroatoms. The predicted octanol–water partition coefficient (Wildman–Crippen LogP) is 5.03. The Kier molecular flexibility index (Phi) is 7.86. The lowest BCUT2D eigenvalue weighted by Gasteiger charge is -2.17. The molecule has 2 saturated carbocycles. The third-order valence-electron chi connectivity index (χ3n) is 4.00. The molecule has 21 heavy (non-hydrogen) atoms. The fourth-order valence-corrected chi connectivity index (χ4v) is 3.28. The van der Waals surface area contributed by atoms with Crippen molar-refractivity contribution in [3.8, 4) is 0 Å². The zero-order valence-corrected chi connectivity index (χ0v) is 14.1. The Morgan fingerprint density at radius 3 is 1.86 bits per heavy atom. The summed E-state index contributed by atoms with van der Waals surface area (Å²) < 4.78 is 0.731. The van der Waals surface area contributed by atoms with Crippen molar-refractivity contribution in [2.75, 3.05) is 0 Å². The maximum absolute atomic E-state index is 4.65. The van der Waals surface area contributed by atoms with Gasteiger partial charge in [-0.3, -0.25) is 5.10 Å². The van der Waals surface area contributed by atoms with E-state index in [0.717, 1.165) is 3.95 Å². The van der Waals surface area contributed by atoms with Crippen LogP contribution in [0.3, 0.4) is 0 Å². The van der Waals surface area contributed by atoms with E-state index in [1.54, 1.807) is 5.51 Å². The van der Waals surface area contributed by atoms with E-state index in [1.807, 2.05) is 0 Å². The van der Waals surface area contributed by atoms with E-state index in [4.69, 9.17) is 0 Å². The second-order valence-electron chi connectivity index (χ2n) is 5.69. The molecular weight excluding hydrogens is 300 g/mol. The average molecular weight is 325 g/mol. The van der Waals surface area contributed by atoms with Gasteiger partial charge in [-0.2, -0.15) is 5.10 Å². The van der Waals surface area contributed by atoms with Crippen LogP contribution in [0.25, 0.3) is 0 Å². The van der Waals surface area contributed by atoms with Gasteiger partial charge < -0.3 is 0 Å². The molecule has 1 aromatic heterocycles. The average Bonchev–Trinajstić information content (AvgIpc) is 3.01. The normalized spacial score (nSPS) is 20.0. The number of hydrogen-bond acceptors (Lipinski definition) is 5. The van der Waals surface area contributed by atoms with Gasteiger partial charge >= 0.3 is 0 Å². The van der Waals surface area contributed by atoms with Crippen LogP contribution in [0, 0.1) is 3.95 Å². The Morgan fingerprint density at radius 2 is 1.52 bits per heavy atom. The monoisotopic (exact) mass is 324 g/mol. The molecule has 0 amide bonds. The summed E-state index contributed by atoms with van der Waals surface area (Å²) in [5, 5.41) is 6.19. The quantitative estimate of drug-likeness (QED) is 0.613. The van der Waals surface area contributed by atoms with Gasteiger partial charge in [0.25, 0.3) is 0 Å². The van der Waals surface area contributed by atoms with E-state index in [9.17, 15) is 0 Å². The van der Waals surface area contributed by atoms with Crippen molar-refractivity contribution in [3.05, 3.63) is 9.46 Å². The second-order valence-corrected chi connectivity index (χ2v) is 7.21. The SMILES string of the molecule is C(=NC1CCCCC1)=NC1CCCCC1.S=c1[nH]ncs1. The summed E-state index contributed by atoms with van der Waals surface area (Å²) in [5.41, 5.74) is 1.67. The third-order valence-corrected chi connectivity index (χ3v) is 4.89. The molecule has 1 aromatic rings. The zero-order chi connectivity index (χ0) is 14.8. The van der Waals surface area contributed by atoms with E-state index < -0.39 is 0 Å². The van der Waals surface area contributed by atoms with Gasteiger partial charge in [0, 0.05) is 0 Å². The number of rotatable bonds is 2. The first kappa shape index (κ1) is 16.5. The van der Waals surface area contributed by atoms with Crippen molar-refractivity contribution in [2.45, 2.75) is 76.3 Å². The van der Waals surface area contributed by atoms with Crippen LogP contribution >= 0.6 is 23.6 Å². The first-order valence-electron chi connectivity index (χ1n) is 7.97. The minimum atomic E-state index is 0.533. The van der Waals surface area contributed by atoms with Crippen LogP contribution in [0.5, 0.6) is 0 Å². The summed E-state index contributed by atoms with van der Waals surface area (Å²) in [4.78, 5) is 8.92. The first-order valence-corrected chi connectivity index (χ1v) is 9.26. The first-order chi connectivity index (χ1) is 10.3. The van der Waals surface area contributed by atoms with Crippen molar-refractivity contribution >= 4 is 29.6 Å². The van der Waals surface area contributed by atoms with Crippen LogP contribution in [0.15, 0.2) is 15.5 Å². The molecule has 2 aliphatic rings. The summed E-state index contributed by atoms with van der Waals surface area (Å²) >= 11 is 6.07. The third kappa shape index (κ3) is 7.11. The number of H-pyrrole nitrogens is 1. The highest BCUT2D eigenvalue weighted by Crippen LogP contribution is 2.21. The van der Waals surface area contributed by atoms with Crippen LogP contribution in [0.1, 0.15) is 64.2 Å². The Balaban J connectivity index is 0.000000225. The van der Waals surface area contributed by atoms with Gasteiger partial charge in [0.05, 0.1) is 18.1 Å². The van der Waals surface area contributed by atoms with Gasteiger partial charge in [-0.1, -0.05) is 49.9 Å². The van der Waals surface area contributed by atoms with E-state index in [0.29, 0.717) is 12.1 Å². The molecule has 0 aromatic carbocycles. The molecule has 0 aliphatic heterocycles. The van der Waals surface area contributed by atoms with E-state index in [1.165, 1.54) is 75.5 Å². The van der Waals surface area contributed by atoms with Crippen molar-refractivity contribution in [2.24, 2.45) is 9.98 Å². The van der Waals surface area contributed by atoms with Crippen LogP contribution in [0.2, 0.25) is 0 Å². The zero-order valence-electron chi connectivity index (χ0n) is 12.5. The molecule has 1 N–H and O–H groups in total. The summed E-state index contributed by atoms with van der Waals surface area (Å²) in [7, 11) is 0. The van der Waals surface area contributed by atoms with Crippen molar-refractivity contribution in [1.29, 1.82) is 0 Å². The summed E-state index contributed by atoms with van der Waals surface area (Å²) in [6.45, 7) is 0. The molecule has 0 unspecified atom stereocenters. The van der Waals surface area contributed by atoms with Gasteiger partial charge in [-0.05, 0) is 37.9 Å². The lowest BCUT2D eigenvalue weighted by Crippen LogP contribution is -2.10. The highest BCUT2D eigenvalue weighted by atomic mass is 32.1. The molecule has 2 fully saturated rings. The number of aliphatic imine (C=N–C) groups is 2. The van der Waals surface area contributed by atoms with Crippen molar-refractivity contribution in [1.82, 2.24) is 10.2 Å². The number of aromatic nitrogens is 2. The van der Waals surface area contributed by atoms with E-state index >= 15 is 0 Å². The smallest absolute Gasteiger partial charge is 0.176 e. The molecule has 116 valence electrons. The van der Waals surface area contributed by atoms with Gasteiger partial charge in [-0.15, -0.1) is 0 Å². The van der Waals surface area contributed by atoms with Crippen molar-refractivity contribution < 1.29 is 0 Å². The van der Waals surface area contributed by atoms with Crippen LogP contribution < -0.4 is 0 Å². The maximum atomic E-state index is 4.65. The van der Waals surface area contributed by atoms with Crippen LogP contribution in [0.4, 0.5) is 0 Å². The van der Waals surface area contributed by atoms with Crippen LogP contribution in [-0.2, 0) is 0 Å². The number of aromatic amines is 1. The highest BCUT2D eigenvalue weighted by molar-refractivity contribution is 7.73. The molecular formula is C15H24N4S2.